The molecule has 1 aliphatic rings. The van der Waals surface area contributed by atoms with Crippen LogP contribution in [0.1, 0.15) is 48.2 Å². The molecule has 7 heteroatoms. The maximum absolute atomic E-state index is 13.8. The van der Waals surface area contributed by atoms with Crippen LogP contribution < -0.4 is 10.0 Å². The molecule has 2 aromatic carbocycles. The molecule has 1 saturated heterocycles. The Hall–Kier alpha value is -3.71. The molecule has 1 aliphatic heterocycles. The van der Waals surface area contributed by atoms with Crippen molar-refractivity contribution in [2.24, 2.45) is 0 Å². The van der Waals surface area contributed by atoms with Crippen LogP contribution in [0.15, 0.2) is 66.4 Å². The van der Waals surface area contributed by atoms with Gasteiger partial charge in [0.05, 0.1) is 45.1 Å². The number of quaternary nitrogens is 1. The van der Waals surface area contributed by atoms with Crippen molar-refractivity contribution in [3.8, 4) is 5.69 Å². The molecule has 1 aromatic heterocycles. The van der Waals surface area contributed by atoms with Gasteiger partial charge in [-0.1, -0.05) is 62.1 Å². The molecule has 0 radical (unpaired) electrons. The maximum Gasteiger partial charge on any atom is 0.295 e. The average molecular weight is 473 g/mol. The summed E-state index contributed by atoms with van der Waals surface area (Å²) in [6.45, 7) is 7.05. The molecule has 3 aromatic rings. The quantitative estimate of drug-likeness (QED) is 0.322. The van der Waals surface area contributed by atoms with Crippen molar-refractivity contribution in [3.63, 3.8) is 0 Å². The van der Waals surface area contributed by atoms with Gasteiger partial charge in [-0.15, -0.1) is 0 Å². The van der Waals surface area contributed by atoms with E-state index in [9.17, 15) is 14.7 Å². The van der Waals surface area contributed by atoms with Crippen LogP contribution in [-0.2, 0) is 9.59 Å². The first-order valence-corrected chi connectivity index (χ1v) is 12.0. The highest BCUT2D eigenvalue weighted by atomic mass is 16.3. The van der Waals surface area contributed by atoms with Gasteiger partial charge in [-0.3, -0.25) is 9.59 Å². The number of likely N-dealkylation sites (N-methyl/N-ethyl adjacent to an activating group) is 1. The van der Waals surface area contributed by atoms with Gasteiger partial charge in [0.1, 0.15) is 0 Å². The zero-order chi connectivity index (χ0) is 25.3. The Morgan fingerprint density at radius 3 is 2.31 bits per heavy atom. The van der Waals surface area contributed by atoms with E-state index in [0.29, 0.717) is 30.3 Å². The number of hydrogen-bond donors (Lipinski definition) is 1. The Bertz CT molecular complexity index is 1260. The average Bonchev–Trinajstić information content (AvgIpc) is 3.35. The minimum atomic E-state index is -0.728. The minimum absolute atomic E-state index is 0.00300. The van der Waals surface area contributed by atoms with Gasteiger partial charge in [-0.2, -0.15) is 5.10 Å². The van der Waals surface area contributed by atoms with Crippen molar-refractivity contribution in [1.29, 1.82) is 0 Å². The second kappa shape index (κ2) is 9.88. The van der Waals surface area contributed by atoms with Crippen LogP contribution in [0.3, 0.4) is 0 Å². The van der Waals surface area contributed by atoms with Crippen LogP contribution in [0, 0.1) is 6.92 Å². The molecular formula is C28H32N4O3. The molecule has 1 atom stereocenters. The van der Waals surface area contributed by atoms with E-state index in [-0.39, 0.29) is 5.57 Å². The van der Waals surface area contributed by atoms with Gasteiger partial charge in [-0.25, -0.2) is 4.68 Å². The van der Waals surface area contributed by atoms with E-state index in [1.54, 1.807) is 16.5 Å². The van der Waals surface area contributed by atoms with E-state index in [1.807, 2.05) is 68.7 Å². The number of carbonyl (C=O) groups is 2. The normalized spacial score (nSPS) is 17.7. The first-order valence-electron chi connectivity index (χ1n) is 12.0. The highest BCUT2D eigenvalue weighted by Crippen LogP contribution is 2.39. The second-order valence-electron chi connectivity index (χ2n) is 9.64. The molecule has 4 rings (SSSR count). The van der Waals surface area contributed by atoms with Crippen LogP contribution in [0.2, 0.25) is 0 Å². The molecule has 0 bridgehead atoms. The Morgan fingerprint density at radius 2 is 1.71 bits per heavy atom. The van der Waals surface area contributed by atoms with E-state index < -0.39 is 23.5 Å². The fourth-order valence-electron chi connectivity index (χ4n) is 4.46. The summed E-state index contributed by atoms with van der Waals surface area (Å²) in [6.07, 6.45) is 1.49. The van der Waals surface area contributed by atoms with E-state index in [1.165, 1.54) is 6.20 Å². The number of likely N-dealkylation sites (tertiary alicyclic amines) is 1. The largest absolute Gasteiger partial charge is 0.872 e. The van der Waals surface area contributed by atoms with Crippen molar-refractivity contribution in [3.05, 3.63) is 88.8 Å². The Morgan fingerprint density at radius 1 is 1.06 bits per heavy atom. The van der Waals surface area contributed by atoms with E-state index in [2.05, 4.69) is 18.9 Å². The molecule has 1 unspecified atom stereocenters. The smallest absolute Gasteiger partial charge is 0.295 e. The number of Topliss-reactive ketones (excluding diaryl/α,β-unsaturated/α-hetero) is 1. The number of aromatic nitrogens is 2. The van der Waals surface area contributed by atoms with Crippen molar-refractivity contribution >= 4 is 17.4 Å². The van der Waals surface area contributed by atoms with Gasteiger partial charge in [0.2, 0.25) is 5.78 Å². The lowest BCUT2D eigenvalue weighted by molar-refractivity contribution is -0.857. The van der Waals surface area contributed by atoms with Crippen LogP contribution in [0.5, 0.6) is 0 Å². The maximum atomic E-state index is 13.8. The number of hydrogen-bond acceptors (Lipinski definition) is 4. The van der Waals surface area contributed by atoms with Crippen molar-refractivity contribution in [1.82, 2.24) is 14.7 Å². The van der Waals surface area contributed by atoms with Crippen LogP contribution >= 0.6 is 0 Å². The van der Waals surface area contributed by atoms with Gasteiger partial charge in [0.15, 0.2) is 0 Å². The molecule has 1 fully saturated rings. The van der Waals surface area contributed by atoms with E-state index in [4.69, 9.17) is 0 Å². The third-order valence-corrected chi connectivity index (χ3v) is 6.56. The zero-order valence-electron chi connectivity index (χ0n) is 20.9. The summed E-state index contributed by atoms with van der Waals surface area (Å²) in [6, 6.07) is 16.6. The Balaban J connectivity index is 1.83. The number of benzene rings is 2. The Kier molecular flexibility index (Phi) is 6.89. The predicted octanol–water partition coefficient (Wildman–Crippen LogP) is 1.67. The Labute approximate surface area is 206 Å². The number of amides is 1. The monoisotopic (exact) mass is 472 g/mol. The van der Waals surface area contributed by atoms with Crippen LogP contribution in [-0.4, -0.2) is 53.6 Å². The molecule has 1 N–H and O–H groups in total. The number of rotatable bonds is 7. The highest BCUT2D eigenvalue weighted by molar-refractivity contribution is 6.46. The van der Waals surface area contributed by atoms with Gasteiger partial charge in [-0.05, 0) is 36.1 Å². The number of nitrogens with one attached hydrogen (secondary N) is 1. The van der Waals surface area contributed by atoms with Gasteiger partial charge in [0, 0.05) is 16.8 Å². The molecule has 1 amide bonds. The standard InChI is InChI=1S/C28H32N4O3/c1-18(2)20-11-13-21(14-12-20)25-24(27(34)28(35)31(25)16-15-30(4)5)26(33)23-17-29-32(19(23)3)22-9-7-6-8-10-22/h6-14,17-18,25,33H,15-16H2,1-5H3. The number of para-hydroxylation sites is 1. The summed E-state index contributed by atoms with van der Waals surface area (Å²) < 4.78 is 1.68. The summed E-state index contributed by atoms with van der Waals surface area (Å²) in [7, 11) is 3.98. The SMILES string of the molecule is Cc1c(C([O-])=C2C(=O)C(=O)N(CC[NH+](C)C)C2c2ccc(C(C)C)cc2)cnn1-c1ccccc1. The van der Waals surface area contributed by atoms with Crippen molar-refractivity contribution in [2.75, 3.05) is 27.2 Å². The number of carbonyl (C=O) groups excluding carboxylic acids is 2. The summed E-state index contributed by atoms with van der Waals surface area (Å²) in [5, 5.41) is 18.2. The van der Waals surface area contributed by atoms with E-state index >= 15 is 0 Å². The predicted molar refractivity (Wildman–Crippen MR) is 133 cm³/mol. The third-order valence-electron chi connectivity index (χ3n) is 6.56. The van der Waals surface area contributed by atoms with Gasteiger partial charge < -0.3 is 14.9 Å². The molecular weight excluding hydrogens is 440 g/mol. The molecule has 182 valence electrons. The lowest BCUT2D eigenvalue weighted by Crippen LogP contribution is -3.06. The van der Waals surface area contributed by atoms with Gasteiger partial charge >= 0.3 is 0 Å². The molecule has 0 aliphatic carbocycles. The number of nitrogens with zero attached hydrogens (tertiary/aromatic N) is 3. The summed E-state index contributed by atoms with van der Waals surface area (Å²) >= 11 is 0. The summed E-state index contributed by atoms with van der Waals surface area (Å²) in [5.41, 5.74) is 3.68. The first-order chi connectivity index (χ1) is 16.7. The molecule has 2 heterocycles. The minimum Gasteiger partial charge on any atom is -0.872 e. The lowest BCUT2D eigenvalue weighted by atomic mass is 9.93. The number of ketones is 1. The molecule has 35 heavy (non-hydrogen) atoms. The van der Waals surface area contributed by atoms with Crippen molar-refractivity contribution in [2.45, 2.75) is 32.7 Å². The topological polar surface area (TPSA) is 82.7 Å². The third kappa shape index (κ3) is 4.64. The molecule has 7 nitrogen and oxygen atoms in total. The molecule has 0 saturated carbocycles. The van der Waals surface area contributed by atoms with Gasteiger partial charge in [0.25, 0.3) is 5.91 Å². The summed E-state index contributed by atoms with van der Waals surface area (Å²) in [5.74, 6) is -1.45. The lowest BCUT2D eigenvalue weighted by Gasteiger charge is -2.28. The summed E-state index contributed by atoms with van der Waals surface area (Å²) in [4.78, 5) is 29.0. The van der Waals surface area contributed by atoms with E-state index in [0.717, 1.165) is 21.7 Å². The highest BCUT2D eigenvalue weighted by Gasteiger charge is 2.44. The van der Waals surface area contributed by atoms with Crippen LogP contribution in [0.4, 0.5) is 0 Å². The zero-order valence-corrected chi connectivity index (χ0v) is 20.9. The van der Waals surface area contributed by atoms with Crippen LogP contribution in [0.25, 0.3) is 11.4 Å². The van der Waals surface area contributed by atoms with Crippen molar-refractivity contribution < 1.29 is 19.6 Å². The molecule has 0 spiro atoms. The fraction of sp³-hybridized carbons (Fsp3) is 0.321. The fourth-order valence-corrected chi connectivity index (χ4v) is 4.46. The second-order valence-corrected chi connectivity index (χ2v) is 9.64. The first kappa shape index (κ1) is 24.4.